The molecule has 0 saturated carbocycles. The van der Waals surface area contributed by atoms with E-state index in [0.29, 0.717) is 11.4 Å². The highest BCUT2D eigenvalue weighted by Crippen LogP contribution is 2.30. The Bertz CT molecular complexity index is 820. The fourth-order valence-electron chi connectivity index (χ4n) is 1.72. The first-order valence-corrected chi connectivity index (χ1v) is 7.79. The topological polar surface area (TPSA) is 135 Å². The van der Waals surface area contributed by atoms with Gasteiger partial charge in [0, 0.05) is 23.9 Å². The second-order valence-corrected chi connectivity index (χ2v) is 5.99. The summed E-state index contributed by atoms with van der Waals surface area (Å²) >= 11 is 0. The van der Waals surface area contributed by atoms with Crippen molar-refractivity contribution in [3.63, 3.8) is 0 Å². The fourth-order valence-corrected chi connectivity index (χ4v) is 2.25. The van der Waals surface area contributed by atoms with Crippen LogP contribution in [0.2, 0.25) is 0 Å². The van der Waals surface area contributed by atoms with Crippen LogP contribution in [0.3, 0.4) is 0 Å². The molecule has 0 aliphatic carbocycles. The number of nitrogens with zero attached hydrogens (tertiary/aromatic N) is 2. The van der Waals surface area contributed by atoms with Crippen molar-refractivity contribution < 1.29 is 22.8 Å². The largest absolute Gasteiger partial charge is 0.482 e. The SMILES string of the molecule is COc1ccc(COc2ccc(S(N)(=O)=O)cc2[N+](=O)[O-])cn1. The Morgan fingerprint density at radius 2 is 2.04 bits per heavy atom. The minimum Gasteiger partial charge on any atom is -0.482 e. The summed E-state index contributed by atoms with van der Waals surface area (Å²) in [7, 11) is -2.55. The summed E-state index contributed by atoms with van der Waals surface area (Å²) in [5, 5.41) is 16.0. The fraction of sp³-hybridized carbons (Fsp3) is 0.154. The lowest BCUT2D eigenvalue weighted by atomic mass is 10.3. The van der Waals surface area contributed by atoms with E-state index in [-0.39, 0.29) is 17.3 Å². The maximum atomic E-state index is 11.3. The Kier molecular flexibility index (Phi) is 4.77. The molecular formula is C13H13N3O6S. The van der Waals surface area contributed by atoms with Crippen LogP contribution in [0.1, 0.15) is 5.56 Å². The molecule has 0 bridgehead atoms. The first-order chi connectivity index (χ1) is 10.8. The number of aromatic nitrogens is 1. The van der Waals surface area contributed by atoms with E-state index in [0.717, 1.165) is 12.1 Å². The summed E-state index contributed by atoms with van der Waals surface area (Å²) in [6.45, 7) is 0.0204. The lowest BCUT2D eigenvalue weighted by Crippen LogP contribution is -2.12. The second kappa shape index (κ2) is 6.58. The lowest BCUT2D eigenvalue weighted by molar-refractivity contribution is -0.386. The first kappa shape index (κ1) is 16.6. The summed E-state index contributed by atoms with van der Waals surface area (Å²) in [6.07, 6.45) is 1.50. The number of pyridine rings is 1. The number of rotatable bonds is 6. The maximum Gasteiger partial charge on any atom is 0.312 e. The van der Waals surface area contributed by atoms with Crippen molar-refractivity contribution in [3.05, 3.63) is 52.2 Å². The normalized spacial score (nSPS) is 11.0. The molecule has 0 radical (unpaired) electrons. The van der Waals surface area contributed by atoms with Crippen LogP contribution in [0.4, 0.5) is 5.69 Å². The molecule has 1 aromatic carbocycles. The highest BCUT2D eigenvalue weighted by Gasteiger charge is 2.20. The van der Waals surface area contributed by atoms with Crippen LogP contribution in [-0.4, -0.2) is 25.4 Å². The van der Waals surface area contributed by atoms with Crippen LogP contribution < -0.4 is 14.6 Å². The molecule has 1 aromatic heterocycles. The van der Waals surface area contributed by atoms with E-state index >= 15 is 0 Å². The zero-order chi connectivity index (χ0) is 17.0. The minimum atomic E-state index is -4.03. The number of nitro groups is 1. The standard InChI is InChI=1S/C13H13N3O6S/c1-21-13-5-2-9(7-15-13)8-22-12-4-3-10(23(14,19)20)6-11(12)16(17)18/h2-7H,8H2,1H3,(H2,14,19,20). The van der Waals surface area contributed by atoms with Crippen LogP contribution in [0.5, 0.6) is 11.6 Å². The smallest absolute Gasteiger partial charge is 0.312 e. The average molecular weight is 339 g/mol. The van der Waals surface area contributed by atoms with Gasteiger partial charge in [0.1, 0.15) is 6.61 Å². The predicted molar refractivity (Wildman–Crippen MR) is 79.6 cm³/mol. The lowest BCUT2D eigenvalue weighted by Gasteiger charge is -2.08. The molecule has 0 amide bonds. The van der Waals surface area contributed by atoms with Gasteiger partial charge in [-0.05, 0) is 18.2 Å². The number of ether oxygens (including phenoxy) is 2. The van der Waals surface area contributed by atoms with E-state index in [1.165, 1.54) is 19.4 Å². The molecule has 0 saturated heterocycles. The molecule has 9 nitrogen and oxygen atoms in total. The summed E-state index contributed by atoms with van der Waals surface area (Å²) in [4.78, 5) is 13.9. The van der Waals surface area contributed by atoms with E-state index < -0.39 is 20.6 Å². The predicted octanol–water partition coefficient (Wildman–Crippen LogP) is 1.22. The van der Waals surface area contributed by atoms with Crippen LogP contribution in [-0.2, 0) is 16.6 Å². The van der Waals surface area contributed by atoms with Crippen molar-refractivity contribution in [1.82, 2.24) is 4.98 Å². The van der Waals surface area contributed by atoms with Crippen molar-refractivity contribution in [1.29, 1.82) is 0 Å². The van der Waals surface area contributed by atoms with Gasteiger partial charge in [0.05, 0.1) is 16.9 Å². The van der Waals surface area contributed by atoms with E-state index in [1.54, 1.807) is 12.1 Å². The Hall–Kier alpha value is -2.72. The third-order valence-electron chi connectivity index (χ3n) is 2.86. The number of nitrogens with two attached hydrogens (primary N) is 1. The first-order valence-electron chi connectivity index (χ1n) is 6.24. The Balaban J connectivity index is 2.23. The van der Waals surface area contributed by atoms with Crippen molar-refractivity contribution >= 4 is 15.7 Å². The number of benzene rings is 1. The minimum absolute atomic E-state index is 0.0204. The molecule has 0 unspecified atom stereocenters. The van der Waals surface area contributed by atoms with E-state index in [4.69, 9.17) is 14.6 Å². The summed E-state index contributed by atoms with van der Waals surface area (Å²) < 4.78 is 32.8. The van der Waals surface area contributed by atoms with Crippen LogP contribution in [0.15, 0.2) is 41.4 Å². The van der Waals surface area contributed by atoms with Gasteiger partial charge < -0.3 is 9.47 Å². The average Bonchev–Trinajstić information content (AvgIpc) is 2.52. The van der Waals surface area contributed by atoms with Crippen LogP contribution >= 0.6 is 0 Å². The van der Waals surface area contributed by atoms with E-state index in [2.05, 4.69) is 4.98 Å². The zero-order valence-electron chi connectivity index (χ0n) is 12.0. The molecular weight excluding hydrogens is 326 g/mol. The number of primary sulfonamides is 1. The van der Waals surface area contributed by atoms with E-state index in [1.807, 2.05) is 0 Å². The second-order valence-electron chi connectivity index (χ2n) is 4.43. The Morgan fingerprint density at radius 1 is 1.30 bits per heavy atom. The molecule has 122 valence electrons. The van der Waals surface area contributed by atoms with Crippen molar-refractivity contribution in [2.75, 3.05) is 7.11 Å². The number of methoxy groups -OCH3 is 1. The Labute approximate surface area is 131 Å². The molecule has 23 heavy (non-hydrogen) atoms. The molecule has 0 aliphatic rings. The summed E-state index contributed by atoms with van der Waals surface area (Å²) in [5.74, 6) is 0.357. The number of hydrogen-bond donors (Lipinski definition) is 1. The van der Waals surface area contributed by atoms with Gasteiger partial charge in [-0.1, -0.05) is 0 Å². The van der Waals surface area contributed by atoms with Crippen molar-refractivity contribution in [2.24, 2.45) is 5.14 Å². The van der Waals surface area contributed by atoms with Gasteiger partial charge in [0.15, 0.2) is 5.75 Å². The van der Waals surface area contributed by atoms with Gasteiger partial charge in [-0.25, -0.2) is 18.5 Å². The molecule has 0 aliphatic heterocycles. The van der Waals surface area contributed by atoms with Gasteiger partial charge in [0.2, 0.25) is 15.9 Å². The van der Waals surface area contributed by atoms with Crippen LogP contribution in [0, 0.1) is 10.1 Å². The molecule has 2 rings (SSSR count). The van der Waals surface area contributed by atoms with Gasteiger partial charge in [-0.3, -0.25) is 10.1 Å². The van der Waals surface area contributed by atoms with Crippen molar-refractivity contribution in [3.8, 4) is 11.6 Å². The van der Waals surface area contributed by atoms with E-state index in [9.17, 15) is 18.5 Å². The monoisotopic (exact) mass is 339 g/mol. The number of sulfonamides is 1. The number of nitro benzene ring substituents is 1. The molecule has 2 N–H and O–H groups in total. The van der Waals surface area contributed by atoms with Crippen molar-refractivity contribution in [2.45, 2.75) is 11.5 Å². The molecule has 2 aromatic rings. The maximum absolute atomic E-state index is 11.3. The van der Waals surface area contributed by atoms with Gasteiger partial charge in [-0.15, -0.1) is 0 Å². The number of hydrogen-bond acceptors (Lipinski definition) is 7. The molecule has 10 heteroatoms. The summed E-state index contributed by atoms with van der Waals surface area (Å²) in [6, 6.07) is 6.50. The summed E-state index contributed by atoms with van der Waals surface area (Å²) in [5.41, 5.74) is 0.175. The third-order valence-corrected chi connectivity index (χ3v) is 3.77. The molecule has 0 spiro atoms. The molecule has 0 fully saturated rings. The molecule has 1 heterocycles. The van der Waals surface area contributed by atoms with Gasteiger partial charge in [0.25, 0.3) is 0 Å². The zero-order valence-corrected chi connectivity index (χ0v) is 12.8. The quantitative estimate of drug-likeness (QED) is 0.617. The Morgan fingerprint density at radius 3 is 2.57 bits per heavy atom. The van der Waals surface area contributed by atoms with Gasteiger partial charge in [-0.2, -0.15) is 0 Å². The molecule has 0 atom stereocenters. The third kappa shape index (κ3) is 4.14. The van der Waals surface area contributed by atoms with Crippen LogP contribution in [0.25, 0.3) is 0 Å². The van der Waals surface area contributed by atoms with Gasteiger partial charge >= 0.3 is 5.69 Å². The highest BCUT2D eigenvalue weighted by molar-refractivity contribution is 7.89. The highest BCUT2D eigenvalue weighted by atomic mass is 32.2.